The standard InChI is InChI=1S/C20H24N2O4S/c1-26-20(25)17(10-11-27-2)22-19(24)13-21-18(23)12-15-8-5-7-14-6-3-4-9-16(14)15/h3-9,17H,10-13H2,1-2H3,(H,21,23)(H,22,24)/t17-/m0/s1. The summed E-state index contributed by atoms with van der Waals surface area (Å²) in [6.45, 7) is -0.184. The van der Waals surface area contributed by atoms with Crippen LogP contribution in [0.25, 0.3) is 10.8 Å². The number of esters is 1. The summed E-state index contributed by atoms with van der Waals surface area (Å²) < 4.78 is 4.71. The van der Waals surface area contributed by atoms with Crippen LogP contribution in [-0.4, -0.2) is 49.5 Å². The molecule has 0 fully saturated rings. The lowest BCUT2D eigenvalue weighted by Crippen LogP contribution is -2.46. The van der Waals surface area contributed by atoms with Crippen molar-refractivity contribution in [3.63, 3.8) is 0 Å². The van der Waals surface area contributed by atoms with E-state index in [-0.39, 0.29) is 18.9 Å². The number of carbonyl (C=O) groups excluding carboxylic acids is 3. The highest BCUT2D eigenvalue weighted by Crippen LogP contribution is 2.18. The van der Waals surface area contributed by atoms with Gasteiger partial charge in [-0.25, -0.2) is 4.79 Å². The fraction of sp³-hybridized carbons (Fsp3) is 0.350. The maximum Gasteiger partial charge on any atom is 0.328 e. The zero-order valence-electron chi connectivity index (χ0n) is 15.5. The number of rotatable bonds is 9. The summed E-state index contributed by atoms with van der Waals surface area (Å²) in [5.74, 6) is -0.439. The van der Waals surface area contributed by atoms with Gasteiger partial charge in [-0.05, 0) is 34.8 Å². The van der Waals surface area contributed by atoms with Gasteiger partial charge in [-0.15, -0.1) is 0 Å². The lowest BCUT2D eigenvalue weighted by Gasteiger charge is -2.16. The fourth-order valence-electron chi connectivity index (χ4n) is 2.73. The van der Waals surface area contributed by atoms with Crippen LogP contribution in [-0.2, 0) is 25.5 Å². The summed E-state index contributed by atoms with van der Waals surface area (Å²) in [7, 11) is 1.28. The highest BCUT2D eigenvalue weighted by Gasteiger charge is 2.21. The molecule has 0 bridgehead atoms. The molecule has 7 heteroatoms. The first kappa shape index (κ1) is 20.8. The highest BCUT2D eigenvalue weighted by molar-refractivity contribution is 7.98. The van der Waals surface area contributed by atoms with E-state index in [2.05, 4.69) is 10.6 Å². The molecule has 144 valence electrons. The second kappa shape index (κ2) is 10.6. The molecule has 2 aromatic carbocycles. The van der Waals surface area contributed by atoms with Gasteiger partial charge in [0.15, 0.2) is 0 Å². The van der Waals surface area contributed by atoms with Crippen LogP contribution in [0.15, 0.2) is 42.5 Å². The molecule has 6 nitrogen and oxygen atoms in total. The van der Waals surface area contributed by atoms with Crippen LogP contribution in [0.2, 0.25) is 0 Å². The van der Waals surface area contributed by atoms with Crippen molar-refractivity contribution >= 4 is 40.3 Å². The SMILES string of the molecule is COC(=O)[C@H](CCSC)NC(=O)CNC(=O)Cc1cccc2ccccc12. The Kier molecular flexibility index (Phi) is 8.13. The van der Waals surface area contributed by atoms with Crippen molar-refractivity contribution in [1.29, 1.82) is 0 Å². The van der Waals surface area contributed by atoms with Crippen molar-refractivity contribution in [2.75, 3.05) is 25.7 Å². The molecule has 0 heterocycles. The maximum atomic E-state index is 12.2. The molecular weight excluding hydrogens is 364 g/mol. The lowest BCUT2D eigenvalue weighted by atomic mass is 10.0. The minimum Gasteiger partial charge on any atom is -0.467 e. The minimum atomic E-state index is -0.704. The van der Waals surface area contributed by atoms with Gasteiger partial charge in [0.05, 0.1) is 20.1 Å². The van der Waals surface area contributed by atoms with Crippen molar-refractivity contribution in [2.45, 2.75) is 18.9 Å². The van der Waals surface area contributed by atoms with Gasteiger partial charge >= 0.3 is 5.97 Å². The van der Waals surface area contributed by atoms with E-state index in [4.69, 9.17) is 4.74 Å². The van der Waals surface area contributed by atoms with Crippen molar-refractivity contribution in [2.24, 2.45) is 0 Å². The van der Waals surface area contributed by atoms with E-state index in [1.54, 1.807) is 11.8 Å². The minimum absolute atomic E-state index is 0.182. The van der Waals surface area contributed by atoms with Crippen molar-refractivity contribution in [1.82, 2.24) is 10.6 Å². The monoisotopic (exact) mass is 388 g/mol. The third-order valence-corrected chi connectivity index (χ3v) is 4.75. The van der Waals surface area contributed by atoms with Gasteiger partial charge in [-0.2, -0.15) is 11.8 Å². The molecule has 0 radical (unpaired) electrons. The molecule has 2 rings (SSSR count). The molecule has 2 N–H and O–H groups in total. The quantitative estimate of drug-likeness (QED) is 0.641. The Bertz CT molecular complexity index is 804. The summed E-state index contributed by atoms with van der Waals surface area (Å²) in [6.07, 6.45) is 2.58. The van der Waals surface area contributed by atoms with Crippen molar-refractivity contribution in [3.05, 3.63) is 48.0 Å². The van der Waals surface area contributed by atoms with E-state index in [1.165, 1.54) is 7.11 Å². The summed E-state index contributed by atoms with van der Waals surface area (Å²) in [5, 5.41) is 7.30. The molecular formula is C20H24N2O4S. The van der Waals surface area contributed by atoms with Crippen molar-refractivity contribution < 1.29 is 19.1 Å². The van der Waals surface area contributed by atoms with Crippen LogP contribution >= 0.6 is 11.8 Å². The Hall–Kier alpha value is -2.54. The zero-order chi connectivity index (χ0) is 19.6. The third-order valence-electron chi connectivity index (χ3n) is 4.11. The molecule has 0 saturated carbocycles. The first-order chi connectivity index (χ1) is 13.0. The number of thioether (sulfide) groups is 1. The van der Waals surface area contributed by atoms with Crippen LogP contribution in [0.4, 0.5) is 0 Å². The molecule has 0 unspecified atom stereocenters. The van der Waals surface area contributed by atoms with E-state index in [0.717, 1.165) is 16.3 Å². The van der Waals surface area contributed by atoms with Gasteiger partial charge in [0.2, 0.25) is 11.8 Å². The second-order valence-corrected chi connectivity index (χ2v) is 7.00. The average molecular weight is 388 g/mol. The molecule has 2 amide bonds. The van der Waals surface area contributed by atoms with E-state index >= 15 is 0 Å². The topological polar surface area (TPSA) is 84.5 Å². The van der Waals surface area contributed by atoms with Crippen LogP contribution in [0.5, 0.6) is 0 Å². The van der Waals surface area contributed by atoms with Gasteiger partial charge in [-0.1, -0.05) is 42.5 Å². The van der Waals surface area contributed by atoms with Crippen molar-refractivity contribution in [3.8, 4) is 0 Å². The van der Waals surface area contributed by atoms with Crippen LogP contribution in [0.1, 0.15) is 12.0 Å². The molecule has 0 aliphatic heterocycles. The first-order valence-electron chi connectivity index (χ1n) is 8.64. The number of nitrogens with one attached hydrogen (secondary N) is 2. The van der Waals surface area contributed by atoms with Crippen LogP contribution < -0.4 is 10.6 Å². The number of amides is 2. The second-order valence-electron chi connectivity index (χ2n) is 6.02. The predicted molar refractivity (Wildman–Crippen MR) is 108 cm³/mol. The fourth-order valence-corrected chi connectivity index (χ4v) is 3.20. The number of hydrogen-bond acceptors (Lipinski definition) is 5. The Labute approximate surface area is 163 Å². The predicted octanol–water partition coefficient (Wildman–Crippen LogP) is 1.91. The summed E-state index contributed by atoms with van der Waals surface area (Å²) in [4.78, 5) is 36.0. The molecule has 0 aliphatic carbocycles. The third kappa shape index (κ3) is 6.29. The molecule has 0 spiro atoms. The largest absolute Gasteiger partial charge is 0.467 e. The maximum absolute atomic E-state index is 12.2. The molecule has 0 aromatic heterocycles. The normalized spacial score (nSPS) is 11.6. The van der Waals surface area contributed by atoms with Crippen LogP contribution in [0, 0.1) is 0 Å². The number of methoxy groups -OCH3 is 1. The summed E-state index contributed by atoms with van der Waals surface area (Å²) in [5.41, 5.74) is 0.901. The highest BCUT2D eigenvalue weighted by atomic mass is 32.2. The van der Waals surface area contributed by atoms with E-state index in [1.807, 2.05) is 48.7 Å². The van der Waals surface area contributed by atoms with Gasteiger partial charge in [0.1, 0.15) is 6.04 Å². The van der Waals surface area contributed by atoms with Crippen LogP contribution in [0.3, 0.4) is 0 Å². The average Bonchev–Trinajstić information content (AvgIpc) is 2.69. The number of hydrogen-bond donors (Lipinski definition) is 2. The number of carbonyl (C=O) groups is 3. The summed E-state index contributed by atoms with van der Waals surface area (Å²) in [6, 6.07) is 12.9. The van der Waals surface area contributed by atoms with Gasteiger partial charge in [-0.3, -0.25) is 9.59 Å². The molecule has 2 aromatic rings. The van der Waals surface area contributed by atoms with Gasteiger partial charge < -0.3 is 15.4 Å². The van der Waals surface area contributed by atoms with Gasteiger partial charge in [0.25, 0.3) is 0 Å². The van der Waals surface area contributed by atoms with E-state index in [9.17, 15) is 14.4 Å². The Morgan fingerprint density at radius 1 is 1.07 bits per heavy atom. The molecule has 1 atom stereocenters. The Balaban J connectivity index is 1.88. The molecule has 0 aliphatic rings. The Morgan fingerprint density at radius 2 is 1.81 bits per heavy atom. The summed E-state index contributed by atoms with van der Waals surface area (Å²) >= 11 is 1.58. The number of benzene rings is 2. The Morgan fingerprint density at radius 3 is 2.56 bits per heavy atom. The number of ether oxygens (including phenoxy) is 1. The number of fused-ring (bicyclic) bond motifs is 1. The zero-order valence-corrected chi connectivity index (χ0v) is 16.3. The first-order valence-corrected chi connectivity index (χ1v) is 10.0. The lowest BCUT2D eigenvalue weighted by molar-refractivity contribution is -0.145. The molecule has 27 heavy (non-hydrogen) atoms. The smallest absolute Gasteiger partial charge is 0.328 e. The molecule has 0 saturated heterocycles. The van der Waals surface area contributed by atoms with E-state index < -0.39 is 17.9 Å². The van der Waals surface area contributed by atoms with Gasteiger partial charge in [0, 0.05) is 0 Å². The van der Waals surface area contributed by atoms with E-state index in [0.29, 0.717) is 12.2 Å².